The van der Waals surface area contributed by atoms with E-state index in [9.17, 15) is 13.2 Å². The fourth-order valence-corrected chi connectivity index (χ4v) is 5.00. The molecular weight excluding hydrogens is 400 g/mol. The third kappa shape index (κ3) is 4.86. The zero-order chi connectivity index (χ0) is 21.9. The van der Waals surface area contributed by atoms with Crippen LogP contribution >= 0.6 is 0 Å². The second-order valence-corrected chi connectivity index (χ2v) is 10.7. The number of rotatable bonds is 8. The summed E-state index contributed by atoms with van der Waals surface area (Å²) in [4.78, 5) is 19.7. The minimum atomic E-state index is -3.51. The standard InChI is InChI=1S/C22H34N4O3S/c1-5-6-14-26-20-10-9-18(30(28,29)24(3)4)15-19(20)23-21(26)11-12-22(27)25-13-7-8-17(2)16-25/h9-10,15,17H,5-8,11-14,16H2,1-4H3. The van der Waals surface area contributed by atoms with Crippen molar-refractivity contribution in [3.05, 3.63) is 24.0 Å². The van der Waals surface area contributed by atoms with E-state index in [0.29, 0.717) is 24.3 Å². The highest BCUT2D eigenvalue weighted by Gasteiger charge is 2.23. The monoisotopic (exact) mass is 434 g/mol. The number of carbonyl (C=O) groups excluding carboxylic acids is 1. The van der Waals surface area contributed by atoms with Crippen LogP contribution in [0.25, 0.3) is 11.0 Å². The lowest BCUT2D eigenvalue weighted by Gasteiger charge is -2.31. The van der Waals surface area contributed by atoms with E-state index in [1.807, 2.05) is 11.0 Å². The number of benzene rings is 1. The number of carbonyl (C=O) groups is 1. The van der Waals surface area contributed by atoms with Crippen LogP contribution in [0, 0.1) is 5.92 Å². The summed E-state index contributed by atoms with van der Waals surface area (Å²) in [5, 5.41) is 0. The Bertz CT molecular complexity index is 997. The maximum absolute atomic E-state index is 12.7. The normalized spacial score (nSPS) is 17.8. The molecule has 0 radical (unpaired) electrons. The van der Waals surface area contributed by atoms with Crippen molar-refractivity contribution in [3.63, 3.8) is 0 Å². The molecular formula is C22H34N4O3S. The van der Waals surface area contributed by atoms with Gasteiger partial charge in [-0.15, -0.1) is 0 Å². The lowest BCUT2D eigenvalue weighted by atomic mass is 10.00. The average Bonchev–Trinajstić information content (AvgIpc) is 3.06. The third-order valence-corrected chi connectivity index (χ3v) is 7.70. The first-order valence-electron chi connectivity index (χ1n) is 10.9. The van der Waals surface area contributed by atoms with Crippen LogP contribution in [0.15, 0.2) is 23.1 Å². The van der Waals surface area contributed by atoms with Crippen molar-refractivity contribution in [2.75, 3.05) is 27.2 Å². The molecule has 0 N–H and O–H groups in total. The van der Waals surface area contributed by atoms with Gasteiger partial charge in [0.25, 0.3) is 0 Å². The van der Waals surface area contributed by atoms with Gasteiger partial charge in [-0.2, -0.15) is 0 Å². The predicted molar refractivity (Wildman–Crippen MR) is 119 cm³/mol. The number of nitrogens with zero attached hydrogens (tertiary/aromatic N) is 4. The van der Waals surface area contributed by atoms with Crippen LogP contribution in [0.3, 0.4) is 0 Å². The van der Waals surface area contributed by atoms with Crippen LogP contribution in [0.2, 0.25) is 0 Å². The van der Waals surface area contributed by atoms with Crippen LogP contribution in [0.1, 0.15) is 51.8 Å². The maximum atomic E-state index is 12.7. The SMILES string of the molecule is CCCCn1c(CCC(=O)N2CCCC(C)C2)nc2cc(S(=O)(=O)N(C)C)ccc21. The van der Waals surface area contributed by atoms with Gasteiger partial charge in [0.15, 0.2) is 0 Å². The smallest absolute Gasteiger partial charge is 0.242 e. The molecule has 8 heteroatoms. The summed E-state index contributed by atoms with van der Waals surface area (Å²) < 4.78 is 28.4. The number of amides is 1. The average molecular weight is 435 g/mol. The first-order valence-corrected chi connectivity index (χ1v) is 12.4. The highest BCUT2D eigenvalue weighted by Crippen LogP contribution is 2.24. The summed E-state index contributed by atoms with van der Waals surface area (Å²) in [5.41, 5.74) is 1.60. The molecule has 1 saturated heterocycles. The molecule has 1 unspecified atom stereocenters. The van der Waals surface area contributed by atoms with Gasteiger partial charge in [0, 0.05) is 46.6 Å². The number of hydrogen-bond donors (Lipinski definition) is 0. The van der Waals surface area contributed by atoms with Gasteiger partial charge in [0.05, 0.1) is 15.9 Å². The lowest BCUT2D eigenvalue weighted by molar-refractivity contribution is -0.132. The fourth-order valence-electron chi connectivity index (χ4n) is 4.08. The fraction of sp³-hybridized carbons (Fsp3) is 0.636. The molecule has 0 bridgehead atoms. The summed E-state index contributed by atoms with van der Waals surface area (Å²) >= 11 is 0. The highest BCUT2D eigenvalue weighted by atomic mass is 32.2. The molecule has 3 rings (SSSR count). The molecule has 1 aromatic heterocycles. The third-order valence-electron chi connectivity index (χ3n) is 5.88. The first kappa shape index (κ1) is 22.7. The largest absolute Gasteiger partial charge is 0.342 e. The Morgan fingerprint density at radius 2 is 2.07 bits per heavy atom. The Balaban J connectivity index is 1.85. The number of imidazole rings is 1. The van der Waals surface area contributed by atoms with Gasteiger partial charge >= 0.3 is 0 Å². The molecule has 2 aromatic rings. The Labute approximate surface area is 180 Å². The van der Waals surface area contributed by atoms with Crippen LogP contribution in [0.5, 0.6) is 0 Å². The molecule has 2 heterocycles. The number of unbranched alkanes of at least 4 members (excludes halogenated alkanes) is 1. The first-order chi connectivity index (χ1) is 14.2. The molecule has 1 atom stereocenters. The van der Waals surface area contributed by atoms with Crippen molar-refractivity contribution in [2.24, 2.45) is 5.92 Å². The molecule has 0 saturated carbocycles. The quantitative estimate of drug-likeness (QED) is 0.639. The lowest BCUT2D eigenvalue weighted by Crippen LogP contribution is -2.39. The zero-order valence-corrected chi connectivity index (χ0v) is 19.4. The number of aryl methyl sites for hydroxylation is 2. The van der Waals surface area contributed by atoms with Gasteiger partial charge in [0.2, 0.25) is 15.9 Å². The van der Waals surface area contributed by atoms with E-state index in [4.69, 9.17) is 4.98 Å². The van der Waals surface area contributed by atoms with Crippen molar-refractivity contribution in [3.8, 4) is 0 Å². The summed E-state index contributed by atoms with van der Waals surface area (Å²) in [7, 11) is -0.460. The Hall–Kier alpha value is -1.93. The van der Waals surface area contributed by atoms with Crippen molar-refractivity contribution < 1.29 is 13.2 Å². The molecule has 0 spiro atoms. The number of likely N-dealkylation sites (tertiary alicyclic amines) is 1. The van der Waals surface area contributed by atoms with E-state index in [0.717, 1.165) is 50.2 Å². The van der Waals surface area contributed by atoms with E-state index in [2.05, 4.69) is 18.4 Å². The molecule has 1 aliphatic rings. The van der Waals surface area contributed by atoms with Gasteiger partial charge < -0.3 is 9.47 Å². The van der Waals surface area contributed by atoms with Crippen LogP contribution in [-0.4, -0.2) is 60.3 Å². The summed E-state index contributed by atoms with van der Waals surface area (Å²) in [6, 6.07) is 5.13. The van der Waals surface area contributed by atoms with Crippen molar-refractivity contribution >= 4 is 27.0 Å². The molecule has 30 heavy (non-hydrogen) atoms. The molecule has 7 nitrogen and oxygen atoms in total. The molecule has 1 amide bonds. The number of aromatic nitrogens is 2. The summed E-state index contributed by atoms with van der Waals surface area (Å²) in [5.74, 6) is 1.61. The maximum Gasteiger partial charge on any atom is 0.242 e. The molecule has 1 fully saturated rings. The summed E-state index contributed by atoms with van der Waals surface area (Å²) in [6.45, 7) is 6.85. The second kappa shape index (κ2) is 9.47. The van der Waals surface area contributed by atoms with Crippen molar-refractivity contribution in [1.82, 2.24) is 18.8 Å². The van der Waals surface area contributed by atoms with E-state index < -0.39 is 10.0 Å². The van der Waals surface area contributed by atoms with E-state index >= 15 is 0 Å². The van der Waals surface area contributed by atoms with E-state index in [1.165, 1.54) is 24.8 Å². The summed E-state index contributed by atoms with van der Waals surface area (Å²) in [6.07, 6.45) is 5.33. The minimum absolute atomic E-state index is 0.187. The number of fused-ring (bicyclic) bond motifs is 1. The number of hydrogen-bond acceptors (Lipinski definition) is 4. The van der Waals surface area contributed by atoms with Gasteiger partial charge in [0.1, 0.15) is 5.82 Å². The molecule has 1 aliphatic heterocycles. The topological polar surface area (TPSA) is 75.5 Å². The second-order valence-electron chi connectivity index (χ2n) is 8.56. The molecule has 166 valence electrons. The number of piperidine rings is 1. The Kier molecular flexibility index (Phi) is 7.18. The predicted octanol–water partition coefficient (Wildman–Crippen LogP) is 3.28. The van der Waals surface area contributed by atoms with E-state index in [-0.39, 0.29) is 10.8 Å². The van der Waals surface area contributed by atoms with Crippen molar-refractivity contribution in [2.45, 2.75) is 63.8 Å². The Morgan fingerprint density at radius 1 is 1.30 bits per heavy atom. The van der Waals surface area contributed by atoms with Crippen molar-refractivity contribution in [1.29, 1.82) is 0 Å². The molecule has 0 aliphatic carbocycles. The van der Waals surface area contributed by atoms with Gasteiger partial charge in [-0.05, 0) is 43.4 Å². The molecule has 1 aromatic carbocycles. The van der Waals surface area contributed by atoms with E-state index in [1.54, 1.807) is 12.1 Å². The number of sulfonamides is 1. The van der Waals surface area contributed by atoms with Gasteiger partial charge in [-0.1, -0.05) is 20.3 Å². The minimum Gasteiger partial charge on any atom is -0.342 e. The highest BCUT2D eigenvalue weighted by molar-refractivity contribution is 7.89. The van der Waals surface area contributed by atoms with Crippen LogP contribution in [-0.2, 0) is 27.8 Å². The van der Waals surface area contributed by atoms with Gasteiger partial charge in [-0.3, -0.25) is 4.79 Å². The van der Waals surface area contributed by atoms with Crippen LogP contribution < -0.4 is 0 Å². The zero-order valence-electron chi connectivity index (χ0n) is 18.6. The van der Waals surface area contributed by atoms with Gasteiger partial charge in [-0.25, -0.2) is 17.7 Å². The van der Waals surface area contributed by atoms with Crippen LogP contribution in [0.4, 0.5) is 0 Å². The Morgan fingerprint density at radius 3 is 2.73 bits per heavy atom.